The SMILES string of the molecule is O=C(NCc1ccco1)c1ccc(-c2cccnc2)cc1. The normalized spacial score (nSPS) is 10.3. The van der Waals surface area contributed by atoms with Crippen LogP contribution in [0.5, 0.6) is 0 Å². The Morgan fingerprint density at radius 3 is 2.57 bits per heavy atom. The minimum atomic E-state index is -0.121. The van der Waals surface area contributed by atoms with Gasteiger partial charge in [-0.1, -0.05) is 18.2 Å². The van der Waals surface area contributed by atoms with Crippen molar-refractivity contribution in [2.24, 2.45) is 0 Å². The second kappa shape index (κ2) is 6.05. The lowest BCUT2D eigenvalue weighted by Gasteiger charge is -2.05. The van der Waals surface area contributed by atoms with E-state index in [2.05, 4.69) is 10.3 Å². The summed E-state index contributed by atoms with van der Waals surface area (Å²) in [6, 6.07) is 14.9. The molecule has 2 heterocycles. The summed E-state index contributed by atoms with van der Waals surface area (Å²) in [6.45, 7) is 0.385. The van der Waals surface area contributed by atoms with Gasteiger partial charge in [0.25, 0.3) is 5.91 Å². The van der Waals surface area contributed by atoms with Crippen LogP contribution in [0.25, 0.3) is 11.1 Å². The summed E-state index contributed by atoms with van der Waals surface area (Å²) in [5.41, 5.74) is 2.68. The first-order chi connectivity index (χ1) is 10.3. The molecule has 4 nitrogen and oxygen atoms in total. The Bertz CT molecular complexity index is 704. The van der Waals surface area contributed by atoms with Gasteiger partial charge in [-0.25, -0.2) is 0 Å². The van der Waals surface area contributed by atoms with Crippen molar-refractivity contribution in [3.8, 4) is 11.1 Å². The Morgan fingerprint density at radius 1 is 1.05 bits per heavy atom. The van der Waals surface area contributed by atoms with Crippen LogP contribution < -0.4 is 5.32 Å². The number of carbonyl (C=O) groups is 1. The van der Waals surface area contributed by atoms with E-state index in [1.54, 1.807) is 36.9 Å². The molecule has 21 heavy (non-hydrogen) atoms. The molecular formula is C17H14N2O2. The lowest BCUT2D eigenvalue weighted by Crippen LogP contribution is -2.22. The van der Waals surface area contributed by atoms with Crippen molar-refractivity contribution in [2.45, 2.75) is 6.54 Å². The molecule has 0 spiro atoms. The summed E-state index contributed by atoms with van der Waals surface area (Å²) in [5.74, 6) is 0.611. The maximum atomic E-state index is 12.0. The lowest BCUT2D eigenvalue weighted by molar-refractivity contribution is 0.0948. The van der Waals surface area contributed by atoms with Crippen molar-refractivity contribution in [3.05, 3.63) is 78.5 Å². The zero-order valence-corrected chi connectivity index (χ0v) is 11.3. The third-order valence-corrected chi connectivity index (χ3v) is 3.15. The number of furan rings is 1. The molecule has 1 aromatic carbocycles. The van der Waals surface area contributed by atoms with E-state index in [0.29, 0.717) is 12.1 Å². The largest absolute Gasteiger partial charge is 0.467 e. The minimum Gasteiger partial charge on any atom is -0.467 e. The first-order valence-electron chi connectivity index (χ1n) is 6.64. The van der Waals surface area contributed by atoms with Crippen LogP contribution in [-0.2, 0) is 6.54 Å². The fourth-order valence-corrected chi connectivity index (χ4v) is 2.03. The van der Waals surface area contributed by atoms with Gasteiger partial charge >= 0.3 is 0 Å². The predicted molar refractivity (Wildman–Crippen MR) is 79.6 cm³/mol. The van der Waals surface area contributed by atoms with E-state index in [4.69, 9.17) is 4.42 Å². The minimum absolute atomic E-state index is 0.121. The summed E-state index contributed by atoms with van der Waals surface area (Å²) in [6.07, 6.45) is 5.12. The molecule has 3 rings (SSSR count). The van der Waals surface area contributed by atoms with E-state index in [1.807, 2.05) is 30.3 Å². The van der Waals surface area contributed by atoms with Gasteiger partial charge in [0.15, 0.2) is 0 Å². The van der Waals surface area contributed by atoms with E-state index in [9.17, 15) is 4.79 Å². The number of rotatable bonds is 4. The molecule has 1 amide bonds. The van der Waals surface area contributed by atoms with Gasteiger partial charge < -0.3 is 9.73 Å². The number of amides is 1. The molecule has 0 saturated heterocycles. The molecule has 0 aliphatic rings. The molecule has 1 N–H and O–H groups in total. The number of carbonyl (C=O) groups excluding carboxylic acids is 1. The predicted octanol–water partition coefficient (Wildman–Crippen LogP) is 3.27. The second-order valence-electron chi connectivity index (χ2n) is 4.58. The Labute approximate surface area is 122 Å². The summed E-state index contributed by atoms with van der Waals surface area (Å²) in [4.78, 5) is 16.1. The van der Waals surface area contributed by atoms with Crippen LogP contribution in [0, 0.1) is 0 Å². The molecule has 0 saturated carbocycles. The van der Waals surface area contributed by atoms with Gasteiger partial charge in [-0.2, -0.15) is 0 Å². The quantitative estimate of drug-likeness (QED) is 0.797. The standard InChI is InChI=1S/C17H14N2O2/c20-17(19-12-16-4-2-10-21-16)14-7-5-13(6-8-14)15-3-1-9-18-11-15/h1-11H,12H2,(H,19,20). The number of aromatic nitrogens is 1. The monoisotopic (exact) mass is 278 g/mol. The van der Waals surface area contributed by atoms with Crippen LogP contribution in [0.4, 0.5) is 0 Å². The molecule has 3 aromatic rings. The molecule has 4 heteroatoms. The van der Waals surface area contributed by atoms with Gasteiger partial charge in [0.1, 0.15) is 5.76 Å². The van der Waals surface area contributed by atoms with Crippen molar-refractivity contribution in [1.29, 1.82) is 0 Å². The van der Waals surface area contributed by atoms with Gasteiger partial charge in [-0.05, 0) is 41.5 Å². The van der Waals surface area contributed by atoms with Crippen molar-refractivity contribution in [3.63, 3.8) is 0 Å². The fourth-order valence-electron chi connectivity index (χ4n) is 2.03. The molecule has 0 aliphatic carbocycles. The second-order valence-corrected chi connectivity index (χ2v) is 4.58. The van der Waals surface area contributed by atoms with Crippen LogP contribution in [0.2, 0.25) is 0 Å². The Kier molecular flexibility index (Phi) is 3.78. The van der Waals surface area contributed by atoms with Gasteiger partial charge in [0.2, 0.25) is 0 Å². The molecular weight excluding hydrogens is 264 g/mol. The highest BCUT2D eigenvalue weighted by Gasteiger charge is 2.06. The van der Waals surface area contributed by atoms with E-state index in [0.717, 1.165) is 16.9 Å². The average Bonchev–Trinajstić information content (AvgIpc) is 3.07. The molecule has 104 valence electrons. The molecule has 0 fully saturated rings. The van der Waals surface area contributed by atoms with Crippen molar-refractivity contribution in [1.82, 2.24) is 10.3 Å². The average molecular weight is 278 g/mol. The van der Waals surface area contributed by atoms with E-state index in [-0.39, 0.29) is 5.91 Å². The van der Waals surface area contributed by atoms with Crippen LogP contribution in [-0.4, -0.2) is 10.9 Å². The molecule has 2 aromatic heterocycles. The van der Waals surface area contributed by atoms with Gasteiger partial charge in [-0.3, -0.25) is 9.78 Å². The van der Waals surface area contributed by atoms with Crippen LogP contribution in [0.1, 0.15) is 16.1 Å². The number of nitrogens with one attached hydrogen (secondary N) is 1. The van der Waals surface area contributed by atoms with Crippen molar-refractivity contribution in [2.75, 3.05) is 0 Å². The van der Waals surface area contributed by atoms with Crippen LogP contribution >= 0.6 is 0 Å². The van der Waals surface area contributed by atoms with Gasteiger partial charge in [0.05, 0.1) is 12.8 Å². The maximum absolute atomic E-state index is 12.0. The molecule has 0 bridgehead atoms. The van der Waals surface area contributed by atoms with E-state index >= 15 is 0 Å². The Morgan fingerprint density at radius 2 is 1.90 bits per heavy atom. The third-order valence-electron chi connectivity index (χ3n) is 3.15. The summed E-state index contributed by atoms with van der Waals surface area (Å²) >= 11 is 0. The summed E-state index contributed by atoms with van der Waals surface area (Å²) < 4.78 is 5.18. The maximum Gasteiger partial charge on any atom is 0.251 e. The Hall–Kier alpha value is -2.88. The van der Waals surface area contributed by atoms with Crippen molar-refractivity contribution >= 4 is 5.91 Å². The van der Waals surface area contributed by atoms with E-state index < -0.39 is 0 Å². The van der Waals surface area contributed by atoms with Crippen LogP contribution in [0.3, 0.4) is 0 Å². The summed E-state index contributed by atoms with van der Waals surface area (Å²) in [7, 11) is 0. The molecule has 0 unspecified atom stereocenters. The number of hydrogen-bond donors (Lipinski definition) is 1. The lowest BCUT2D eigenvalue weighted by atomic mass is 10.1. The number of benzene rings is 1. The number of nitrogens with zero attached hydrogens (tertiary/aromatic N) is 1. The van der Waals surface area contributed by atoms with Gasteiger partial charge in [-0.15, -0.1) is 0 Å². The smallest absolute Gasteiger partial charge is 0.251 e. The zero-order valence-electron chi connectivity index (χ0n) is 11.3. The van der Waals surface area contributed by atoms with Crippen LogP contribution in [0.15, 0.2) is 71.6 Å². The topological polar surface area (TPSA) is 55.1 Å². The zero-order chi connectivity index (χ0) is 14.5. The van der Waals surface area contributed by atoms with Gasteiger partial charge in [0, 0.05) is 18.0 Å². The molecule has 0 atom stereocenters. The fraction of sp³-hybridized carbons (Fsp3) is 0.0588. The van der Waals surface area contributed by atoms with Crippen molar-refractivity contribution < 1.29 is 9.21 Å². The molecule has 0 aliphatic heterocycles. The highest BCUT2D eigenvalue weighted by Crippen LogP contribution is 2.18. The highest BCUT2D eigenvalue weighted by molar-refractivity contribution is 5.94. The first-order valence-corrected chi connectivity index (χ1v) is 6.64. The van der Waals surface area contributed by atoms with E-state index in [1.165, 1.54) is 0 Å². The third kappa shape index (κ3) is 3.17. The molecule has 0 radical (unpaired) electrons. The number of hydrogen-bond acceptors (Lipinski definition) is 3. The highest BCUT2D eigenvalue weighted by atomic mass is 16.3. The number of pyridine rings is 1. The Balaban J connectivity index is 1.67. The first kappa shape index (κ1) is 13.1. The summed E-state index contributed by atoms with van der Waals surface area (Å²) in [5, 5.41) is 2.82.